The first kappa shape index (κ1) is 14.6. The van der Waals surface area contributed by atoms with Gasteiger partial charge in [0.05, 0.1) is 6.54 Å². The highest BCUT2D eigenvalue weighted by molar-refractivity contribution is 5.78. The molecular formula is C15H30N4. The molecule has 0 aromatic carbocycles. The van der Waals surface area contributed by atoms with Gasteiger partial charge in [0.25, 0.3) is 0 Å². The molecule has 0 unspecified atom stereocenters. The van der Waals surface area contributed by atoms with Crippen LogP contribution in [-0.4, -0.2) is 42.1 Å². The molecule has 0 saturated heterocycles. The van der Waals surface area contributed by atoms with Crippen molar-refractivity contribution in [1.29, 1.82) is 0 Å². The maximum Gasteiger partial charge on any atom is 0.188 e. The van der Waals surface area contributed by atoms with E-state index in [9.17, 15) is 0 Å². The van der Waals surface area contributed by atoms with E-state index in [1.54, 1.807) is 0 Å². The Morgan fingerprint density at radius 2 is 1.89 bits per heavy atom. The van der Waals surface area contributed by atoms with Gasteiger partial charge < -0.3 is 11.1 Å². The number of hydrogen-bond acceptors (Lipinski definition) is 2. The van der Waals surface area contributed by atoms with Crippen molar-refractivity contribution in [2.45, 2.75) is 76.9 Å². The van der Waals surface area contributed by atoms with Crippen LogP contribution in [0.15, 0.2) is 4.99 Å². The van der Waals surface area contributed by atoms with E-state index < -0.39 is 0 Å². The average molecular weight is 266 g/mol. The van der Waals surface area contributed by atoms with Crippen molar-refractivity contribution in [1.82, 2.24) is 10.2 Å². The van der Waals surface area contributed by atoms with Gasteiger partial charge in [0.2, 0.25) is 0 Å². The predicted molar refractivity (Wildman–Crippen MR) is 81.4 cm³/mol. The zero-order chi connectivity index (χ0) is 13.7. The summed E-state index contributed by atoms with van der Waals surface area (Å²) in [6, 6.07) is 1.99. The molecule has 0 amide bonds. The zero-order valence-corrected chi connectivity index (χ0v) is 12.6. The molecule has 3 N–H and O–H groups in total. The van der Waals surface area contributed by atoms with Crippen LogP contribution in [0.3, 0.4) is 0 Å². The van der Waals surface area contributed by atoms with E-state index in [1.807, 2.05) is 0 Å². The fourth-order valence-electron chi connectivity index (χ4n) is 3.06. The molecule has 0 atom stereocenters. The molecule has 0 radical (unpaired) electrons. The second kappa shape index (κ2) is 7.13. The third kappa shape index (κ3) is 5.01. The van der Waals surface area contributed by atoms with Crippen molar-refractivity contribution in [3.8, 4) is 0 Å². The van der Waals surface area contributed by atoms with Crippen molar-refractivity contribution in [2.24, 2.45) is 10.7 Å². The van der Waals surface area contributed by atoms with Crippen LogP contribution in [0.1, 0.15) is 58.8 Å². The number of nitrogens with one attached hydrogen (secondary N) is 1. The van der Waals surface area contributed by atoms with Gasteiger partial charge in [0.1, 0.15) is 0 Å². The number of aliphatic imine (C=N–C) groups is 1. The van der Waals surface area contributed by atoms with Gasteiger partial charge in [0.15, 0.2) is 5.96 Å². The second-order valence-electron chi connectivity index (χ2n) is 6.31. The third-order valence-electron chi connectivity index (χ3n) is 4.28. The Labute approximate surface area is 117 Å². The van der Waals surface area contributed by atoms with Crippen molar-refractivity contribution in [2.75, 3.05) is 13.1 Å². The van der Waals surface area contributed by atoms with Gasteiger partial charge in [-0.25, -0.2) is 0 Å². The fourth-order valence-corrected chi connectivity index (χ4v) is 3.06. The second-order valence-corrected chi connectivity index (χ2v) is 6.31. The molecule has 2 aliphatic carbocycles. The molecule has 0 spiro atoms. The van der Waals surface area contributed by atoms with Crippen molar-refractivity contribution >= 4 is 5.96 Å². The van der Waals surface area contributed by atoms with Crippen LogP contribution >= 0.6 is 0 Å². The Kier molecular flexibility index (Phi) is 5.49. The third-order valence-corrected chi connectivity index (χ3v) is 4.28. The summed E-state index contributed by atoms with van der Waals surface area (Å²) >= 11 is 0. The van der Waals surface area contributed by atoms with Crippen molar-refractivity contribution in [3.63, 3.8) is 0 Å². The van der Waals surface area contributed by atoms with Gasteiger partial charge in [0, 0.05) is 24.7 Å². The van der Waals surface area contributed by atoms with Crippen LogP contribution < -0.4 is 11.1 Å². The highest BCUT2D eigenvalue weighted by atomic mass is 15.2. The number of nitrogens with two attached hydrogens (primary N) is 1. The molecule has 2 rings (SSSR count). The predicted octanol–water partition coefficient (Wildman–Crippen LogP) is 2.10. The minimum absolute atomic E-state index is 0.558. The largest absolute Gasteiger partial charge is 0.370 e. The van der Waals surface area contributed by atoms with Gasteiger partial charge in [-0.3, -0.25) is 9.89 Å². The quantitative estimate of drug-likeness (QED) is 0.572. The topological polar surface area (TPSA) is 53.6 Å². The Morgan fingerprint density at radius 1 is 1.21 bits per heavy atom. The fraction of sp³-hybridized carbons (Fsp3) is 0.933. The molecule has 0 heterocycles. The van der Waals surface area contributed by atoms with E-state index >= 15 is 0 Å². The molecular weight excluding hydrogens is 236 g/mol. The highest BCUT2D eigenvalue weighted by Gasteiger charge is 2.29. The highest BCUT2D eigenvalue weighted by Crippen LogP contribution is 2.28. The van der Waals surface area contributed by atoms with Crippen LogP contribution in [0.25, 0.3) is 0 Å². The van der Waals surface area contributed by atoms with Gasteiger partial charge >= 0.3 is 0 Å². The lowest BCUT2D eigenvalue weighted by atomic mass is 9.96. The molecule has 2 saturated carbocycles. The average Bonchev–Trinajstić information content (AvgIpc) is 3.19. The van der Waals surface area contributed by atoms with Crippen molar-refractivity contribution < 1.29 is 0 Å². The lowest BCUT2D eigenvalue weighted by molar-refractivity contribution is 0.218. The summed E-state index contributed by atoms with van der Waals surface area (Å²) in [5, 5.41) is 3.38. The Bertz CT molecular complexity index is 289. The normalized spacial score (nSPS) is 22.2. The van der Waals surface area contributed by atoms with Crippen LogP contribution in [0.2, 0.25) is 0 Å². The van der Waals surface area contributed by atoms with E-state index in [2.05, 4.69) is 29.1 Å². The summed E-state index contributed by atoms with van der Waals surface area (Å²) in [4.78, 5) is 7.05. The van der Waals surface area contributed by atoms with E-state index in [1.165, 1.54) is 44.9 Å². The molecule has 0 aromatic heterocycles. The van der Waals surface area contributed by atoms with E-state index in [-0.39, 0.29) is 0 Å². The summed E-state index contributed by atoms with van der Waals surface area (Å²) in [6.45, 7) is 6.40. The Hall–Kier alpha value is -0.770. The van der Waals surface area contributed by atoms with Crippen LogP contribution in [-0.2, 0) is 0 Å². The summed E-state index contributed by atoms with van der Waals surface area (Å²) in [6.07, 6.45) is 9.24. The first-order chi connectivity index (χ1) is 9.16. The zero-order valence-electron chi connectivity index (χ0n) is 12.6. The van der Waals surface area contributed by atoms with Crippen LogP contribution in [0.5, 0.6) is 0 Å². The maximum atomic E-state index is 5.98. The summed E-state index contributed by atoms with van der Waals surface area (Å²) < 4.78 is 0. The Balaban J connectivity index is 1.68. The molecule has 110 valence electrons. The van der Waals surface area contributed by atoms with Crippen LogP contribution in [0, 0.1) is 0 Å². The number of guanidine groups is 1. The summed E-state index contributed by atoms with van der Waals surface area (Å²) in [7, 11) is 0. The molecule has 0 bridgehead atoms. The lowest BCUT2D eigenvalue weighted by Crippen LogP contribution is -2.42. The molecule has 0 aromatic rings. The minimum Gasteiger partial charge on any atom is -0.370 e. The standard InChI is InChI=1S/C15H30N4/c1-12(2)19(14-8-9-14)11-10-17-15(16)18-13-6-4-3-5-7-13/h12-14H,3-11H2,1-2H3,(H3,16,17,18). The first-order valence-electron chi connectivity index (χ1n) is 7.99. The SMILES string of the molecule is CC(C)N(CCN=C(N)NC1CCCCC1)C1CC1. The lowest BCUT2D eigenvalue weighted by Gasteiger charge is -2.26. The van der Waals surface area contributed by atoms with Gasteiger partial charge in [-0.2, -0.15) is 0 Å². The monoisotopic (exact) mass is 266 g/mol. The number of hydrogen-bond donors (Lipinski definition) is 2. The van der Waals surface area contributed by atoms with E-state index in [4.69, 9.17) is 5.73 Å². The molecule has 19 heavy (non-hydrogen) atoms. The van der Waals surface area contributed by atoms with Gasteiger partial charge in [-0.1, -0.05) is 19.3 Å². The molecule has 2 aliphatic rings. The van der Waals surface area contributed by atoms with Crippen LogP contribution in [0.4, 0.5) is 0 Å². The summed E-state index contributed by atoms with van der Waals surface area (Å²) in [5.74, 6) is 0.645. The Morgan fingerprint density at radius 3 is 2.47 bits per heavy atom. The molecule has 2 fully saturated rings. The number of nitrogens with zero attached hydrogens (tertiary/aromatic N) is 2. The molecule has 4 nitrogen and oxygen atoms in total. The van der Waals surface area contributed by atoms with E-state index in [0.717, 1.165) is 19.1 Å². The van der Waals surface area contributed by atoms with Crippen molar-refractivity contribution in [3.05, 3.63) is 0 Å². The first-order valence-corrected chi connectivity index (χ1v) is 7.99. The molecule has 4 heteroatoms. The maximum absolute atomic E-state index is 5.98. The smallest absolute Gasteiger partial charge is 0.188 e. The van der Waals surface area contributed by atoms with Gasteiger partial charge in [-0.05, 0) is 39.5 Å². The molecule has 0 aliphatic heterocycles. The number of rotatable bonds is 6. The summed E-state index contributed by atoms with van der Waals surface area (Å²) in [5.41, 5.74) is 5.98. The van der Waals surface area contributed by atoms with Gasteiger partial charge in [-0.15, -0.1) is 0 Å². The minimum atomic E-state index is 0.558. The van der Waals surface area contributed by atoms with E-state index in [0.29, 0.717) is 18.0 Å².